The first kappa shape index (κ1) is 19.6. The normalized spacial score (nSPS) is 11.2. The molecule has 1 heterocycles. The number of hydrogen-bond acceptors (Lipinski definition) is 4. The lowest BCUT2D eigenvalue weighted by molar-refractivity contribution is -0.137. The van der Waals surface area contributed by atoms with Crippen molar-refractivity contribution < 1.29 is 27.9 Å². The zero-order valence-electron chi connectivity index (χ0n) is 14.3. The fraction of sp³-hybridized carbons (Fsp3) is 0.100. The molecule has 0 unspecified atom stereocenters. The quantitative estimate of drug-likeness (QED) is 0.537. The average Bonchev–Trinajstić information content (AvgIpc) is 3.11. The van der Waals surface area contributed by atoms with E-state index in [2.05, 4.69) is 5.32 Å². The van der Waals surface area contributed by atoms with Crippen LogP contribution >= 0.6 is 11.3 Å². The standard InChI is InChI=1S/C20H14F3NO3S/c21-20(22,23)14-8-6-12(7-9-14)16(25)11-24-15-10-17(28-18(15)19(26)27)13-4-2-1-3-5-13/h1-10,24H,11H2,(H,26,27). The zero-order valence-corrected chi connectivity index (χ0v) is 15.1. The molecule has 0 atom stereocenters. The van der Waals surface area contributed by atoms with E-state index in [1.807, 2.05) is 30.3 Å². The molecule has 2 aromatic carbocycles. The summed E-state index contributed by atoms with van der Waals surface area (Å²) >= 11 is 1.07. The Balaban J connectivity index is 1.76. The minimum atomic E-state index is -4.47. The molecule has 0 saturated heterocycles. The summed E-state index contributed by atoms with van der Waals surface area (Å²) in [7, 11) is 0. The summed E-state index contributed by atoms with van der Waals surface area (Å²) in [6, 6.07) is 14.7. The van der Waals surface area contributed by atoms with Crippen molar-refractivity contribution in [3.8, 4) is 10.4 Å². The molecule has 0 radical (unpaired) electrons. The van der Waals surface area contributed by atoms with Gasteiger partial charge in [-0.15, -0.1) is 11.3 Å². The molecular formula is C20H14F3NO3S. The molecule has 2 N–H and O–H groups in total. The number of anilines is 1. The van der Waals surface area contributed by atoms with E-state index in [9.17, 15) is 27.9 Å². The number of carbonyl (C=O) groups excluding carboxylic acids is 1. The Hall–Kier alpha value is -3.13. The summed E-state index contributed by atoms with van der Waals surface area (Å²) in [4.78, 5) is 24.5. The second kappa shape index (κ2) is 7.85. The van der Waals surface area contributed by atoms with E-state index in [-0.39, 0.29) is 22.7 Å². The minimum Gasteiger partial charge on any atom is -0.477 e. The van der Waals surface area contributed by atoms with E-state index < -0.39 is 23.5 Å². The van der Waals surface area contributed by atoms with Crippen molar-refractivity contribution in [2.75, 3.05) is 11.9 Å². The summed E-state index contributed by atoms with van der Waals surface area (Å²) in [5, 5.41) is 12.2. The average molecular weight is 405 g/mol. The van der Waals surface area contributed by atoms with Crippen LogP contribution in [-0.4, -0.2) is 23.4 Å². The summed E-state index contributed by atoms with van der Waals surface area (Å²) in [6.07, 6.45) is -4.47. The van der Waals surface area contributed by atoms with E-state index in [1.165, 1.54) is 0 Å². The van der Waals surface area contributed by atoms with Crippen LogP contribution in [-0.2, 0) is 6.18 Å². The van der Waals surface area contributed by atoms with Crippen molar-refractivity contribution in [3.63, 3.8) is 0 Å². The van der Waals surface area contributed by atoms with Gasteiger partial charge in [0.1, 0.15) is 4.88 Å². The molecule has 0 saturated carbocycles. The van der Waals surface area contributed by atoms with Crippen LogP contribution in [0.4, 0.5) is 18.9 Å². The number of carboxylic acid groups (broad SMARTS) is 1. The monoisotopic (exact) mass is 405 g/mol. The molecule has 0 aliphatic heterocycles. The van der Waals surface area contributed by atoms with E-state index in [0.717, 1.165) is 46.0 Å². The van der Waals surface area contributed by atoms with Crippen molar-refractivity contribution >= 4 is 28.8 Å². The predicted octanol–water partition coefficient (Wildman–Crippen LogP) is 5.43. The smallest absolute Gasteiger partial charge is 0.416 e. The number of rotatable bonds is 6. The third kappa shape index (κ3) is 4.40. The number of carboxylic acids is 1. The first-order valence-electron chi connectivity index (χ1n) is 8.12. The van der Waals surface area contributed by atoms with Gasteiger partial charge < -0.3 is 10.4 Å². The van der Waals surface area contributed by atoms with Crippen molar-refractivity contribution in [2.45, 2.75) is 6.18 Å². The highest BCUT2D eigenvalue weighted by molar-refractivity contribution is 7.18. The van der Waals surface area contributed by atoms with Crippen LogP contribution in [0, 0.1) is 0 Å². The topological polar surface area (TPSA) is 66.4 Å². The molecule has 8 heteroatoms. The van der Waals surface area contributed by atoms with Crippen LogP contribution < -0.4 is 5.32 Å². The highest BCUT2D eigenvalue weighted by Gasteiger charge is 2.30. The Morgan fingerprint density at radius 2 is 1.64 bits per heavy atom. The maximum atomic E-state index is 12.6. The Labute approximate surface area is 162 Å². The maximum Gasteiger partial charge on any atom is 0.416 e. The van der Waals surface area contributed by atoms with Crippen molar-refractivity contribution in [2.24, 2.45) is 0 Å². The number of Topliss-reactive ketones (excluding diaryl/α,β-unsaturated/α-hetero) is 1. The molecule has 0 aliphatic carbocycles. The second-order valence-corrected chi connectivity index (χ2v) is 6.93. The molecule has 1 aromatic heterocycles. The molecule has 0 amide bonds. The van der Waals surface area contributed by atoms with E-state index in [1.54, 1.807) is 6.07 Å². The lowest BCUT2D eigenvalue weighted by atomic mass is 10.1. The molecule has 4 nitrogen and oxygen atoms in total. The van der Waals surface area contributed by atoms with E-state index in [0.29, 0.717) is 0 Å². The Bertz CT molecular complexity index is 996. The highest BCUT2D eigenvalue weighted by Crippen LogP contribution is 2.35. The molecule has 3 aromatic rings. The molecule has 0 bridgehead atoms. The van der Waals surface area contributed by atoms with Gasteiger partial charge in [0.05, 0.1) is 17.8 Å². The van der Waals surface area contributed by atoms with E-state index in [4.69, 9.17) is 0 Å². The van der Waals surface area contributed by atoms with Gasteiger partial charge in [-0.05, 0) is 23.8 Å². The van der Waals surface area contributed by atoms with Gasteiger partial charge in [0.15, 0.2) is 5.78 Å². The van der Waals surface area contributed by atoms with Crippen LogP contribution in [0.3, 0.4) is 0 Å². The van der Waals surface area contributed by atoms with Crippen LogP contribution in [0.5, 0.6) is 0 Å². The number of nitrogens with one attached hydrogen (secondary N) is 1. The first-order valence-corrected chi connectivity index (χ1v) is 8.94. The van der Waals surface area contributed by atoms with Gasteiger partial charge >= 0.3 is 12.1 Å². The zero-order chi connectivity index (χ0) is 20.3. The lowest BCUT2D eigenvalue weighted by Crippen LogP contribution is -2.15. The number of aromatic carboxylic acids is 1. The molecular weight excluding hydrogens is 391 g/mol. The van der Waals surface area contributed by atoms with Gasteiger partial charge in [0, 0.05) is 10.4 Å². The Kier molecular flexibility index (Phi) is 5.51. The number of hydrogen-bond donors (Lipinski definition) is 2. The Morgan fingerprint density at radius 3 is 2.21 bits per heavy atom. The molecule has 144 valence electrons. The van der Waals surface area contributed by atoms with E-state index >= 15 is 0 Å². The van der Waals surface area contributed by atoms with Gasteiger partial charge in [-0.3, -0.25) is 4.79 Å². The number of halogens is 3. The fourth-order valence-corrected chi connectivity index (χ4v) is 3.53. The number of benzene rings is 2. The van der Waals surface area contributed by atoms with Crippen LogP contribution in [0.1, 0.15) is 25.6 Å². The molecule has 28 heavy (non-hydrogen) atoms. The summed E-state index contributed by atoms with van der Waals surface area (Å²) in [6.45, 7) is -0.239. The van der Waals surface area contributed by atoms with Crippen LogP contribution in [0.15, 0.2) is 60.7 Å². The predicted molar refractivity (Wildman–Crippen MR) is 101 cm³/mol. The Morgan fingerprint density at radius 1 is 1.00 bits per heavy atom. The minimum absolute atomic E-state index is 0.0547. The SMILES string of the molecule is O=C(CNc1cc(-c2ccccc2)sc1C(=O)O)c1ccc(C(F)(F)F)cc1. The highest BCUT2D eigenvalue weighted by atomic mass is 32.1. The van der Waals surface area contributed by atoms with Gasteiger partial charge in [0.25, 0.3) is 0 Å². The molecule has 0 aliphatic rings. The molecule has 0 fully saturated rings. The summed E-state index contributed by atoms with van der Waals surface area (Å²) in [5.41, 5.74) is 0.403. The van der Waals surface area contributed by atoms with Gasteiger partial charge in [-0.25, -0.2) is 4.79 Å². The van der Waals surface area contributed by atoms with Crippen molar-refractivity contribution in [1.82, 2.24) is 0 Å². The van der Waals surface area contributed by atoms with Gasteiger partial charge in [-0.2, -0.15) is 13.2 Å². The third-order valence-corrected chi connectivity index (χ3v) is 5.13. The van der Waals surface area contributed by atoms with Crippen molar-refractivity contribution in [1.29, 1.82) is 0 Å². The lowest BCUT2D eigenvalue weighted by Gasteiger charge is -2.08. The third-order valence-electron chi connectivity index (χ3n) is 3.96. The van der Waals surface area contributed by atoms with Gasteiger partial charge in [-0.1, -0.05) is 42.5 Å². The van der Waals surface area contributed by atoms with Crippen molar-refractivity contribution in [3.05, 3.63) is 76.7 Å². The molecule has 3 rings (SSSR count). The number of carbonyl (C=O) groups is 2. The van der Waals surface area contributed by atoms with Crippen LogP contribution in [0.25, 0.3) is 10.4 Å². The number of alkyl halides is 3. The maximum absolute atomic E-state index is 12.6. The number of thiophene rings is 1. The second-order valence-electron chi connectivity index (χ2n) is 5.88. The molecule has 0 spiro atoms. The summed E-state index contributed by atoms with van der Waals surface area (Å²) in [5.74, 6) is -1.57. The largest absolute Gasteiger partial charge is 0.477 e. The fourth-order valence-electron chi connectivity index (χ4n) is 2.55. The number of ketones is 1. The van der Waals surface area contributed by atoms with Crippen LogP contribution in [0.2, 0.25) is 0 Å². The van der Waals surface area contributed by atoms with Gasteiger partial charge in [0.2, 0.25) is 0 Å². The summed E-state index contributed by atoms with van der Waals surface area (Å²) < 4.78 is 37.8. The first-order chi connectivity index (χ1) is 13.3.